The maximum absolute atomic E-state index is 12.2. The van der Waals surface area contributed by atoms with Crippen LogP contribution in [0.3, 0.4) is 0 Å². The highest BCUT2D eigenvalue weighted by molar-refractivity contribution is 8.01. The molecule has 0 spiro atoms. The van der Waals surface area contributed by atoms with Gasteiger partial charge in [0.05, 0.1) is 5.75 Å². The van der Waals surface area contributed by atoms with E-state index in [0.29, 0.717) is 16.4 Å². The molecule has 0 unspecified atom stereocenters. The molecule has 0 radical (unpaired) electrons. The molecule has 0 aliphatic rings. The molecule has 3 aromatic rings. The van der Waals surface area contributed by atoms with E-state index in [2.05, 4.69) is 15.6 Å². The zero-order valence-electron chi connectivity index (χ0n) is 14.6. The van der Waals surface area contributed by atoms with Gasteiger partial charge in [0.15, 0.2) is 4.34 Å². The number of nitrogens with zero attached hydrogens (tertiary/aromatic N) is 1. The number of hydrogen-bond acceptors (Lipinski definition) is 6. The number of hydrogen-bond donors (Lipinski definition) is 3. The lowest BCUT2D eigenvalue weighted by Gasteiger charge is -2.06. The molecule has 8 heteroatoms. The van der Waals surface area contributed by atoms with E-state index in [1.165, 1.54) is 30.0 Å². The average molecular weight is 399 g/mol. The highest BCUT2D eigenvalue weighted by Crippen LogP contribution is 2.35. The van der Waals surface area contributed by atoms with E-state index in [9.17, 15) is 9.59 Å². The Balaban J connectivity index is 1.56. The average Bonchev–Trinajstić information content (AvgIpc) is 3.03. The van der Waals surface area contributed by atoms with Gasteiger partial charge in [0.25, 0.3) is 0 Å². The fourth-order valence-electron chi connectivity index (χ4n) is 2.34. The van der Waals surface area contributed by atoms with Crippen molar-refractivity contribution in [2.45, 2.75) is 11.3 Å². The Hall–Kier alpha value is -2.84. The van der Waals surface area contributed by atoms with Gasteiger partial charge in [-0.15, -0.1) is 0 Å². The van der Waals surface area contributed by atoms with Crippen LogP contribution in [0.1, 0.15) is 6.92 Å². The van der Waals surface area contributed by atoms with Crippen molar-refractivity contribution in [3.63, 3.8) is 0 Å². The summed E-state index contributed by atoms with van der Waals surface area (Å²) in [6.07, 6.45) is 0. The minimum Gasteiger partial charge on any atom is -0.389 e. The maximum atomic E-state index is 12.2. The van der Waals surface area contributed by atoms with E-state index in [1.54, 1.807) is 24.3 Å². The molecule has 6 nitrogen and oxygen atoms in total. The predicted octanol–water partition coefficient (Wildman–Crippen LogP) is 4.08. The van der Waals surface area contributed by atoms with Crippen molar-refractivity contribution < 1.29 is 9.59 Å². The Morgan fingerprint density at radius 2 is 1.67 bits per heavy atom. The molecule has 1 aromatic heterocycles. The van der Waals surface area contributed by atoms with Crippen LogP contribution in [0.25, 0.3) is 11.3 Å². The summed E-state index contributed by atoms with van der Waals surface area (Å²) < 4.78 is 0.752. The number of rotatable bonds is 6. The third kappa shape index (κ3) is 5.32. The lowest BCUT2D eigenvalue weighted by Crippen LogP contribution is -2.14. The number of thiazole rings is 1. The van der Waals surface area contributed by atoms with Crippen LogP contribution in [-0.4, -0.2) is 22.6 Å². The quantitative estimate of drug-likeness (QED) is 0.544. The minimum absolute atomic E-state index is 0.137. The molecule has 1 heterocycles. The summed E-state index contributed by atoms with van der Waals surface area (Å²) in [5.74, 6) is -0.0441. The van der Waals surface area contributed by atoms with Crippen molar-refractivity contribution in [3.8, 4) is 11.3 Å². The summed E-state index contributed by atoms with van der Waals surface area (Å²) in [6, 6.07) is 16.7. The lowest BCUT2D eigenvalue weighted by atomic mass is 10.2. The van der Waals surface area contributed by atoms with Gasteiger partial charge in [0.2, 0.25) is 11.8 Å². The summed E-state index contributed by atoms with van der Waals surface area (Å²) in [6.45, 7) is 1.45. The molecule has 27 heavy (non-hydrogen) atoms. The lowest BCUT2D eigenvalue weighted by molar-refractivity contribution is -0.114. The van der Waals surface area contributed by atoms with E-state index in [-0.39, 0.29) is 17.6 Å². The molecule has 0 fully saturated rings. The highest BCUT2D eigenvalue weighted by atomic mass is 32.2. The van der Waals surface area contributed by atoms with Crippen LogP contribution in [0, 0.1) is 0 Å². The third-order valence-electron chi connectivity index (χ3n) is 3.50. The van der Waals surface area contributed by atoms with E-state index < -0.39 is 0 Å². The largest absolute Gasteiger partial charge is 0.389 e. The summed E-state index contributed by atoms with van der Waals surface area (Å²) in [7, 11) is 0. The second-order valence-electron chi connectivity index (χ2n) is 5.65. The fraction of sp³-hybridized carbons (Fsp3) is 0.105. The molecule has 2 aromatic carbocycles. The van der Waals surface area contributed by atoms with Gasteiger partial charge in [-0.05, 0) is 24.3 Å². The molecule has 0 saturated heterocycles. The van der Waals surface area contributed by atoms with Gasteiger partial charge in [-0.2, -0.15) is 0 Å². The number of anilines is 3. The van der Waals surface area contributed by atoms with Crippen molar-refractivity contribution >= 4 is 51.3 Å². The fourth-order valence-corrected chi connectivity index (χ4v) is 4.09. The van der Waals surface area contributed by atoms with Crippen LogP contribution in [-0.2, 0) is 9.59 Å². The first kappa shape index (κ1) is 18.9. The summed E-state index contributed by atoms with van der Waals surface area (Å²) >= 11 is 2.72. The molecular formula is C19H18N4O2S2. The second kappa shape index (κ2) is 8.70. The molecule has 138 valence electrons. The Bertz CT molecular complexity index is 940. The first-order valence-electron chi connectivity index (χ1n) is 8.13. The van der Waals surface area contributed by atoms with Crippen LogP contribution in [0.4, 0.5) is 16.4 Å². The number of nitrogens with one attached hydrogen (secondary N) is 2. The monoisotopic (exact) mass is 398 g/mol. The number of aromatic nitrogens is 1. The van der Waals surface area contributed by atoms with E-state index in [4.69, 9.17) is 5.73 Å². The normalized spacial score (nSPS) is 10.4. The van der Waals surface area contributed by atoms with Crippen molar-refractivity contribution in [2.24, 2.45) is 0 Å². The highest BCUT2D eigenvalue weighted by Gasteiger charge is 2.12. The minimum atomic E-state index is -0.138. The van der Waals surface area contributed by atoms with Crippen molar-refractivity contribution in [1.82, 2.24) is 4.98 Å². The number of benzene rings is 2. The molecule has 2 amide bonds. The number of carbonyl (C=O) groups excluding carboxylic acids is 2. The number of amides is 2. The van der Waals surface area contributed by atoms with Crippen LogP contribution >= 0.6 is 23.1 Å². The van der Waals surface area contributed by atoms with Crippen LogP contribution in [0.2, 0.25) is 0 Å². The number of nitrogen functional groups attached to an aromatic ring is 1. The zero-order chi connectivity index (χ0) is 19.2. The Kier molecular flexibility index (Phi) is 6.10. The molecule has 0 atom stereocenters. The van der Waals surface area contributed by atoms with Gasteiger partial charge in [0, 0.05) is 23.9 Å². The van der Waals surface area contributed by atoms with Gasteiger partial charge >= 0.3 is 0 Å². The van der Waals surface area contributed by atoms with Crippen LogP contribution in [0.5, 0.6) is 0 Å². The standard InChI is InChI=1S/C19H18N4O2S2/c1-12(24)21-14-7-9-15(10-8-14)22-16(25)11-26-19-23-17(18(20)27-19)13-5-3-2-4-6-13/h2-10H,11,20H2,1H3,(H,21,24)(H,22,25). The molecule has 0 aliphatic carbocycles. The number of thioether (sulfide) groups is 1. The summed E-state index contributed by atoms with van der Waals surface area (Å²) in [4.78, 5) is 27.7. The van der Waals surface area contributed by atoms with Gasteiger partial charge in [-0.1, -0.05) is 53.4 Å². The second-order valence-corrected chi connectivity index (χ2v) is 7.91. The van der Waals surface area contributed by atoms with Gasteiger partial charge in [-0.3, -0.25) is 9.59 Å². The van der Waals surface area contributed by atoms with Gasteiger partial charge in [0.1, 0.15) is 10.7 Å². The number of carbonyl (C=O) groups is 2. The van der Waals surface area contributed by atoms with E-state index >= 15 is 0 Å². The molecule has 0 bridgehead atoms. The van der Waals surface area contributed by atoms with Gasteiger partial charge in [-0.25, -0.2) is 4.98 Å². The summed E-state index contributed by atoms with van der Waals surface area (Å²) in [5.41, 5.74) is 9.12. The molecule has 4 N–H and O–H groups in total. The Labute approximate surface area is 165 Å². The summed E-state index contributed by atoms with van der Waals surface area (Å²) in [5, 5.41) is 6.13. The first-order chi connectivity index (χ1) is 13.0. The Morgan fingerprint density at radius 1 is 1.04 bits per heavy atom. The zero-order valence-corrected chi connectivity index (χ0v) is 16.2. The smallest absolute Gasteiger partial charge is 0.234 e. The SMILES string of the molecule is CC(=O)Nc1ccc(NC(=O)CSc2nc(-c3ccccc3)c(N)s2)cc1. The molecular weight excluding hydrogens is 380 g/mol. The molecule has 0 saturated carbocycles. The van der Waals surface area contributed by atoms with E-state index in [1.807, 2.05) is 30.3 Å². The van der Waals surface area contributed by atoms with E-state index in [0.717, 1.165) is 15.6 Å². The van der Waals surface area contributed by atoms with Gasteiger partial charge < -0.3 is 16.4 Å². The van der Waals surface area contributed by atoms with Crippen molar-refractivity contribution in [1.29, 1.82) is 0 Å². The molecule has 0 aliphatic heterocycles. The maximum Gasteiger partial charge on any atom is 0.234 e. The number of nitrogens with two attached hydrogens (primary N) is 1. The Morgan fingerprint density at radius 3 is 2.30 bits per heavy atom. The third-order valence-corrected chi connectivity index (χ3v) is 5.52. The van der Waals surface area contributed by atoms with Crippen molar-refractivity contribution in [2.75, 3.05) is 22.1 Å². The first-order valence-corrected chi connectivity index (χ1v) is 9.93. The van der Waals surface area contributed by atoms with Crippen molar-refractivity contribution in [3.05, 3.63) is 54.6 Å². The topological polar surface area (TPSA) is 97.1 Å². The molecule has 3 rings (SSSR count). The van der Waals surface area contributed by atoms with Crippen LogP contribution < -0.4 is 16.4 Å². The predicted molar refractivity (Wildman–Crippen MR) is 112 cm³/mol. The van der Waals surface area contributed by atoms with Crippen LogP contribution in [0.15, 0.2) is 58.9 Å².